The van der Waals surface area contributed by atoms with Crippen molar-refractivity contribution in [3.63, 3.8) is 0 Å². The summed E-state index contributed by atoms with van der Waals surface area (Å²) in [4.78, 5) is 13.8. The van der Waals surface area contributed by atoms with Gasteiger partial charge in [0.1, 0.15) is 11.5 Å². The smallest absolute Gasteiger partial charge is 0.241 e. The van der Waals surface area contributed by atoms with Crippen molar-refractivity contribution in [1.29, 1.82) is 0 Å². The summed E-state index contributed by atoms with van der Waals surface area (Å²) >= 11 is 0. The molecule has 4 nitrogen and oxygen atoms in total. The molecule has 0 aliphatic carbocycles. The van der Waals surface area contributed by atoms with Gasteiger partial charge in [0.15, 0.2) is 0 Å². The van der Waals surface area contributed by atoms with Crippen molar-refractivity contribution in [3.05, 3.63) is 22.8 Å². The lowest BCUT2D eigenvalue weighted by Gasteiger charge is -2.14. The molecule has 0 amide bonds. The van der Waals surface area contributed by atoms with Gasteiger partial charge >= 0.3 is 0 Å². The van der Waals surface area contributed by atoms with Crippen LogP contribution in [0.15, 0.2) is 6.07 Å². The molecule has 0 bridgehead atoms. The van der Waals surface area contributed by atoms with Crippen LogP contribution in [0.2, 0.25) is 0 Å². The average molecular weight is 261 g/mol. The highest BCUT2D eigenvalue weighted by Gasteiger charge is 2.18. The van der Waals surface area contributed by atoms with Gasteiger partial charge in [-0.1, -0.05) is 0 Å². The van der Waals surface area contributed by atoms with E-state index in [9.17, 15) is 4.79 Å². The number of carbonyl (C=O) groups excluding carboxylic acids is 1. The molecule has 0 N–H and O–H groups in total. The van der Waals surface area contributed by atoms with Gasteiger partial charge in [0, 0.05) is 26.1 Å². The third-order valence-corrected chi connectivity index (χ3v) is 2.85. The number of benzene rings is 1. The lowest BCUT2D eigenvalue weighted by molar-refractivity contribution is 0.105. The Morgan fingerprint density at radius 2 is 1.79 bits per heavy atom. The minimum atomic E-state index is -0.285. The molecule has 0 saturated carbocycles. The normalized spacial score (nSPS) is 9.37. The fraction of sp³-hybridized carbons (Fsp3) is 0.400. The van der Waals surface area contributed by atoms with Gasteiger partial charge in [0.05, 0.1) is 19.8 Å². The van der Waals surface area contributed by atoms with Crippen LogP contribution in [0.1, 0.15) is 21.5 Å². The van der Waals surface area contributed by atoms with Gasteiger partial charge in [-0.3, -0.25) is 4.79 Å². The van der Waals surface area contributed by atoms with Crippen LogP contribution in [0.25, 0.3) is 0 Å². The molecule has 0 saturated heterocycles. The van der Waals surface area contributed by atoms with Crippen LogP contribution in [-0.4, -0.2) is 39.0 Å². The van der Waals surface area contributed by atoms with E-state index in [1.54, 1.807) is 39.3 Å². The maximum absolute atomic E-state index is 12.1. The largest absolute Gasteiger partial charge is 0.496 e. The van der Waals surface area contributed by atoms with Crippen LogP contribution in [0.4, 0.5) is 0 Å². The van der Waals surface area contributed by atoms with Crippen molar-refractivity contribution < 1.29 is 14.3 Å². The molecule has 1 aromatic carbocycles. The molecule has 1 aromatic rings. The minimum absolute atomic E-state index is 0.285. The summed E-state index contributed by atoms with van der Waals surface area (Å²) < 4.78 is 10.6. The zero-order valence-corrected chi connectivity index (χ0v) is 12.2. The Hall–Kier alpha value is -2.15. The molecule has 4 heteroatoms. The van der Waals surface area contributed by atoms with E-state index >= 15 is 0 Å². The highest BCUT2D eigenvalue weighted by molar-refractivity contribution is 6.11. The topological polar surface area (TPSA) is 38.8 Å². The molecule has 0 aliphatic heterocycles. The third kappa shape index (κ3) is 3.19. The highest BCUT2D eigenvalue weighted by atomic mass is 16.5. The van der Waals surface area contributed by atoms with Gasteiger partial charge in [-0.2, -0.15) is 0 Å². The number of carbonyl (C=O) groups is 1. The van der Waals surface area contributed by atoms with Crippen LogP contribution in [-0.2, 0) is 0 Å². The lowest BCUT2D eigenvalue weighted by Crippen LogP contribution is -2.07. The molecule has 0 atom stereocenters. The quantitative estimate of drug-likeness (QED) is 0.474. The Morgan fingerprint density at radius 1 is 1.16 bits per heavy atom. The number of nitrogens with zero attached hydrogens (tertiary/aromatic N) is 1. The number of hydrogen-bond donors (Lipinski definition) is 0. The molecule has 19 heavy (non-hydrogen) atoms. The lowest BCUT2D eigenvalue weighted by atomic mass is 10.0. The summed E-state index contributed by atoms with van der Waals surface area (Å²) in [5, 5.41) is 0. The van der Waals surface area contributed by atoms with E-state index in [-0.39, 0.29) is 5.78 Å². The molecular weight excluding hydrogens is 242 g/mol. The van der Waals surface area contributed by atoms with E-state index in [4.69, 9.17) is 9.47 Å². The number of ketones is 1. The second-order valence-corrected chi connectivity index (χ2v) is 4.37. The van der Waals surface area contributed by atoms with Gasteiger partial charge in [-0.25, -0.2) is 0 Å². The van der Waals surface area contributed by atoms with Crippen molar-refractivity contribution >= 4 is 5.78 Å². The Kier molecular flexibility index (Phi) is 4.82. The van der Waals surface area contributed by atoms with Gasteiger partial charge in [0.2, 0.25) is 5.78 Å². The highest BCUT2D eigenvalue weighted by Crippen LogP contribution is 2.33. The Balaban J connectivity index is 3.39. The van der Waals surface area contributed by atoms with E-state index in [2.05, 4.69) is 12.0 Å². The first-order valence-corrected chi connectivity index (χ1v) is 5.87. The van der Waals surface area contributed by atoms with Crippen LogP contribution in [0.5, 0.6) is 11.5 Å². The van der Waals surface area contributed by atoms with Gasteiger partial charge in [-0.15, -0.1) is 0 Å². The van der Waals surface area contributed by atoms with E-state index in [0.29, 0.717) is 17.1 Å². The second-order valence-electron chi connectivity index (χ2n) is 4.37. The van der Waals surface area contributed by atoms with Crippen LogP contribution >= 0.6 is 0 Å². The zero-order valence-electron chi connectivity index (χ0n) is 12.2. The van der Waals surface area contributed by atoms with E-state index in [0.717, 1.165) is 11.1 Å². The predicted octanol–water partition coefficient (Wildman–Crippen LogP) is 2.03. The fourth-order valence-corrected chi connectivity index (χ4v) is 1.74. The van der Waals surface area contributed by atoms with E-state index in [1.807, 2.05) is 13.8 Å². The number of ether oxygens (including phenoxy) is 2. The fourth-order valence-electron chi connectivity index (χ4n) is 1.74. The molecule has 0 radical (unpaired) electrons. The van der Waals surface area contributed by atoms with Gasteiger partial charge in [0.25, 0.3) is 0 Å². The van der Waals surface area contributed by atoms with Crippen LogP contribution in [0.3, 0.4) is 0 Å². The van der Waals surface area contributed by atoms with Gasteiger partial charge < -0.3 is 14.4 Å². The van der Waals surface area contributed by atoms with Crippen molar-refractivity contribution in [2.45, 2.75) is 13.8 Å². The molecule has 0 unspecified atom stereocenters. The molecule has 0 aromatic heterocycles. The van der Waals surface area contributed by atoms with E-state index < -0.39 is 0 Å². The van der Waals surface area contributed by atoms with Crippen molar-refractivity contribution in [3.8, 4) is 23.5 Å². The number of methoxy groups -OCH3 is 2. The molecule has 0 fully saturated rings. The summed E-state index contributed by atoms with van der Waals surface area (Å²) in [6.07, 6.45) is 0. The molecule has 102 valence electrons. The van der Waals surface area contributed by atoms with Gasteiger partial charge in [-0.05, 0) is 31.0 Å². The average Bonchev–Trinajstić information content (AvgIpc) is 2.38. The summed E-state index contributed by atoms with van der Waals surface area (Å²) in [5.41, 5.74) is 2.27. The first kappa shape index (κ1) is 14.9. The van der Waals surface area contributed by atoms with Crippen molar-refractivity contribution in [1.82, 2.24) is 4.90 Å². The summed E-state index contributed by atoms with van der Waals surface area (Å²) in [5.74, 6) is 3.50. The monoisotopic (exact) mass is 261 g/mol. The zero-order chi connectivity index (χ0) is 14.6. The van der Waals surface area contributed by atoms with Crippen LogP contribution in [0, 0.1) is 25.8 Å². The first-order valence-electron chi connectivity index (χ1n) is 5.87. The summed E-state index contributed by atoms with van der Waals surface area (Å²) in [7, 11) is 6.68. The van der Waals surface area contributed by atoms with Crippen molar-refractivity contribution in [2.75, 3.05) is 28.3 Å². The standard InChI is InChI=1S/C15H19NO3/c1-10-11(2)15(19-6)12(9-14(10)18-5)13(17)7-8-16(3)4/h9H,1-6H3. The summed E-state index contributed by atoms with van der Waals surface area (Å²) in [6, 6.07) is 4.38. The SMILES string of the molecule is COc1cc(C(=O)C#CN(C)C)c(OC)c(C)c1C. The predicted molar refractivity (Wildman–Crippen MR) is 74.8 cm³/mol. The molecule has 0 heterocycles. The maximum atomic E-state index is 12.1. The molecular formula is C15H19NO3. The second kappa shape index (κ2) is 6.14. The molecule has 0 aliphatic rings. The molecule has 1 rings (SSSR count). The first-order chi connectivity index (χ1) is 8.92. The number of hydrogen-bond acceptors (Lipinski definition) is 4. The number of Topliss-reactive ketones (excluding diaryl/α,β-unsaturated/α-hetero) is 1. The summed E-state index contributed by atoms with van der Waals surface area (Å²) in [6.45, 7) is 3.82. The van der Waals surface area contributed by atoms with Crippen molar-refractivity contribution in [2.24, 2.45) is 0 Å². The Morgan fingerprint density at radius 3 is 2.26 bits per heavy atom. The van der Waals surface area contributed by atoms with E-state index in [1.165, 1.54) is 0 Å². The number of rotatable bonds is 3. The Bertz CT molecular complexity index is 551. The molecule has 0 spiro atoms. The third-order valence-electron chi connectivity index (χ3n) is 2.85. The minimum Gasteiger partial charge on any atom is -0.496 e. The maximum Gasteiger partial charge on any atom is 0.241 e. The van der Waals surface area contributed by atoms with Crippen LogP contribution < -0.4 is 9.47 Å². The Labute approximate surface area is 114 Å².